The highest BCUT2D eigenvalue weighted by molar-refractivity contribution is 7.99. The minimum Gasteiger partial charge on any atom is -0.478 e. The molecule has 11 heteroatoms. The van der Waals surface area contributed by atoms with Crippen LogP contribution in [-0.4, -0.2) is 75.8 Å². The number of rotatable bonds is 6. The Kier molecular flexibility index (Phi) is 5.97. The summed E-state index contributed by atoms with van der Waals surface area (Å²) in [5.74, 6) is -0.975. The van der Waals surface area contributed by atoms with Crippen LogP contribution in [0.3, 0.4) is 0 Å². The first kappa shape index (κ1) is 21.4. The van der Waals surface area contributed by atoms with Gasteiger partial charge in [0, 0.05) is 31.0 Å². The van der Waals surface area contributed by atoms with Crippen LogP contribution < -0.4 is 9.80 Å². The fourth-order valence-corrected chi connectivity index (χ4v) is 4.89. The fraction of sp³-hybridized carbons (Fsp3) is 0.318. The van der Waals surface area contributed by atoms with Crippen molar-refractivity contribution < 1.29 is 19.4 Å². The van der Waals surface area contributed by atoms with Gasteiger partial charge in [-0.15, -0.1) is 5.10 Å². The molecule has 1 saturated heterocycles. The zero-order chi connectivity index (χ0) is 22.8. The number of anilines is 2. The van der Waals surface area contributed by atoms with Crippen molar-refractivity contribution in [1.82, 2.24) is 20.2 Å². The van der Waals surface area contributed by atoms with Gasteiger partial charge >= 0.3 is 5.97 Å². The Morgan fingerprint density at radius 1 is 1.06 bits per heavy atom. The minimum absolute atomic E-state index is 0.0426. The van der Waals surface area contributed by atoms with Crippen LogP contribution in [0.15, 0.2) is 47.6 Å². The van der Waals surface area contributed by atoms with Crippen molar-refractivity contribution in [1.29, 1.82) is 0 Å². The monoisotopic (exact) mass is 466 g/mol. The molecule has 10 nitrogen and oxygen atoms in total. The van der Waals surface area contributed by atoms with Crippen molar-refractivity contribution in [3.05, 3.63) is 53.6 Å². The summed E-state index contributed by atoms with van der Waals surface area (Å²) in [6.07, 6.45) is 0.813. The molecule has 170 valence electrons. The number of aromatic nitrogens is 4. The lowest BCUT2D eigenvalue weighted by Gasteiger charge is -2.29. The molecule has 0 unspecified atom stereocenters. The van der Waals surface area contributed by atoms with E-state index in [0.717, 1.165) is 49.7 Å². The van der Waals surface area contributed by atoms with E-state index in [2.05, 4.69) is 32.6 Å². The van der Waals surface area contributed by atoms with Crippen LogP contribution in [-0.2, 0) is 16.0 Å². The SMILES string of the molecule is O=C(O)c1ccccc1-n1nnnc1SCC(=O)N1CCc2cc(N3CCOCC3)ccc21. The number of morpholine rings is 1. The predicted molar refractivity (Wildman–Crippen MR) is 122 cm³/mol. The van der Waals surface area contributed by atoms with Crippen LogP contribution >= 0.6 is 11.8 Å². The number of nitrogens with zero attached hydrogens (tertiary/aromatic N) is 6. The number of carboxylic acid groups (broad SMARTS) is 1. The summed E-state index contributed by atoms with van der Waals surface area (Å²) in [7, 11) is 0. The number of amides is 1. The van der Waals surface area contributed by atoms with Crippen LogP contribution in [0, 0.1) is 0 Å². The number of benzene rings is 2. The number of thioether (sulfide) groups is 1. The molecule has 2 aliphatic heterocycles. The molecule has 1 amide bonds. The highest BCUT2D eigenvalue weighted by Gasteiger charge is 2.26. The van der Waals surface area contributed by atoms with Gasteiger partial charge in [0.1, 0.15) is 0 Å². The van der Waals surface area contributed by atoms with Crippen LogP contribution in [0.1, 0.15) is 15.9 Å². The Hall–Kier alpha value is -3.44. The standard InChI is InChI=1S/C22H22N6O4S/c29-20(14-33-22-23-24-25-28(22)19-4-2-1-3-17(19)21(30)31)27-8-7-15-13-16(5-6-18(15)27)26-9-11-32-12-10-26/h1-6,13H,7-12,14H2,(H,30,31). The molecule has 1 N–H and O–H groups in total. The van der Waals surface area contributed by atoms with Crippen LogP contribution in [0.25, 0.3) is 5.69 Å². The van der Waals surface area contributed by atoms with Gasteiger partial charge in [0.25, 0.3) is 0 Å². The first-order valence-corrected chi connectivity index (χ1v) is 11.6. The van der Waals surface area contributed by atoms with Crippen LogP contribution in [0.2, 0.25) is 0 Å². The molecule has 0 atom stereocenters. The first-order valence-electron chi connectivity index (χ1n) is 10.6. The zero-order valence-electron chi connectivity index (χ0n) is 17.8. The number of aromatic carboxylic acids is 1. The number of fused-ring (bicyclic) bond motifs is 1. The normalized spacial score (nSPS) is 15.5. The molecule has 1 fully saturated rings. The maximum Gasteiger partial charge on any atom is 0.337 e. The lowest BCUT2D eigenvalue weighted by Crippen LogP contribution is -2.36. The molecular weight excluding hydrogens is 444 g/mol. The predicted octanol–water partition coefficient (Wildman–Crippen LogP) is 1.88. The summed E-state index contributed by atoms with van der Waals surface area (Å²) >= 11 is 1.19. The first-order chi connectivity index (χ1) is 16.1. The van der Waals surface area contributed by atoms with Crippen molar-refractivity contribution in [2.75, 3.05) is 48.4 Å². The van der Waals surface area contributed by atoms with Gasteiger partial charge in [-0.05, 0) is 52.7 Å². The van der Waals surface area contributed by atoms with Gasteiger partial charge in [-0.1, -0.05) is 23.9 Å². The van der Waals surface area contributed by atoms with Crippen LogP contribution in [0.5, 0.6) is 0 Å². The number of ether oxygens (including phenoxy) is 1. The van der Waals surface area contributed by atoms with Gasteiger partial charge in [-0.2, -0.15) is 4.68 Å². The zero-order valence-corrected chi connectivity index (χ0v) is 18.6. The molecule has 33 heavy (non-hydrogen) atoms. The summed E-state index contributed by atoms with van der Waals surface area (Å²) in [4.78, 5) is 28.7. The second-order valence-electron chi connectivity index (χ2n) is 7.69. The molecule has 3 heterocycles. The van der Waals surface area contributed by atoms with E-state index < -0.39 is 5.97 Å². The third kappa shape index (κ3) is 4.29. The third-order valence-corrected chi connectivity index (χ3v) is 6.67. The molecule has 0 spiro atoms. The third-order valence-electron chi connectivity index (χ3n) is 5.76. The maximum absolute atomic E-state index is 13.0. The van der Waals surface area contributed by atoms with Gasteiger partial charge in [-0.25, -0.2) is 4.79 Å². The quantitative estimate of drug-likeness (QED) is 0.544. The molecule has 2 aliphatic rings. The smallest absolute Gasteiger partial charge is 0.337 e. The molecule has 5 rings (SSSR count). The van der Waals surface area contributed by atoms with E-state index >= 15 is 0 Å². The highest BCUT2D eigenvalue weighted by atomic mass is 32.2. The van der Waals surface area contributed by atoms with Gasteiger partial charge < -0.3 is 19.6 Å². The van der Waals surface area contributed by atoms with E-state index in [-0.39, 0.29) is 17.2 Å². The van der Waals surface area contributed by atoms with E-state index in [4.69, 9.17) is 4.74 Å². The Morgan fingerprint density at radius 2 is 1.88 bits per heavy atom. The molecule has 3 aromatic rings. The second-order valence-corrected chi connectivity index (χ2v) is 8.63. The summed E-state index contributed by atoms with van der Waals surface area (Å²) in [5, 5.41) is 21.4. The number of carbonyl (C=O) groups is 2. The lowest BCUT2D eigenvalue weighted by atomic mass is 10.1. The molecule has 0 aliphatic carbocycles. The van der Waals surface area contributed by atoms with Crippen molar-refractivity contribution in [3.63, 3.8) is 0 Å². The molecule has 0 saturated carbocycles. The molecule has 2 aromatic carbocycles. The lowest BCUT2D eigenvalue weighted by molar-refractivity contribution is -0.116. The van der Waals surface area contributed by atoms with Crippen molar-refractivity contribution in [2.45, 2.75) is 11.6 Å². The average Bonchev–Trinajstić information content (AvgIpc) is 3.49. The Balaban J connectivity index is 1.29. The van der Waals surface area contributed by atoms with E-state index in [1.165, 1.54) is 22.5 Å². The Morgan fingerprint density at radius 3 is 2.70 bits per heavy atom. The number of carboxylic acids is 1. The molecular formula is C22H22N6O4S. The van der Waals surface area contributed by atoms with Crippen molar-refractivity contribution >= 4 is 35.0 Å². The molecule has 0 bridgehead atoms. The summed E-state index contributed by atoms with van der Waals surface area (Å²) < 4.78 is 6.79. The summed E-state index contributed by atoms with van der Waals surface area (Å²) in [6, 6.07) is 12.7. The van der Waals surface area contributed by atoms with Gasteiger partial charge in [0.2, 0.25) is 11.1 Å². The van der Waals surface area contributed by atoms with Crippen molar-refractivity contribution in [3.8, 4) is 5.69 Å². The van der Waals surface area contributed by atoms with E-state index in [1.807, 2.05) is 6.07 Å². The van der Waals surface area contributed by atoms with E-state index in [1.54, 1.807) is 23.1 Å². The summed E-state index contributed by atoms with van der Waals surface area (Å²) in [5.41, 5.74) is 3.71. The number of para-hydroxylation sites is 1. The minimum atomic E-state index is -1.07. The molecule has 1 aromatic heterocycles. The average molecular weight is 467 g/mol. The van der Waals surface area contributed by atoms with E-state index in [0.29, 0.717) is 17.4 Å². The Bertz CT molecular complexity index is 1190. The van der Waals surface area contributed by atoms with Gasteiger partial charge in [0.05, 0.1) is 30.2 Å². The van der Waals surface area contributed by atoms with Crippen molar-refractivity contribution in [2.24, 2.45) is 0 Å². The molecule has 0 radical (unpaired) electrons. The fourth-order valence-electron chi connectivity index (χ4n) is 4.13. The second kappa shape index (κ2) is 9.20. The number of hydrogen-bond acceptors (Lipinski definition) is 8. The largest absolute Gasteiger partial charge is 0.478 e. The van der Waals surface area contributed by atoms with Gasteiger partial charge in [0.15, 0.2) is 0 Å². The Labute approximate surface area is 194 Å². The maximum atomic E-state index is 13.0. The van der Waals surface area contributed by atoms with E-state index in [9.17, 15) is 14.7 Å². The summed E-state index contributed by atoms with van der Waals surface area (Å²) in [6.45, 7) is 3.84. The number of hydrogen-bond donors (Lipinski definition) is 1. The number of tetrazole rings is 1. The topological polar surface area (TPSA) is 114 Å². The highest BCUT2D eigenvalue weighted by Crippen LogP contribution is 2.33. The number of carbonyl (C=O) groups excluding carboxylic acids is 1. The van der Waals surface area contributed by atoms with Crippen LogP contribution in [0.4, 0.5) is 11.4 Å². The van der Waals surface area contributed by atoms with Gasteiger partial charge in [-0.3, -0.25) is 4.79 Å².